The molecule has 1 aromatic carbocycles. The van der Waals surface area contributed by atoms with Crippen LogP contribution >= 0.6 is 0 Å². The van der Waals surface area contributed by atoms with Crippen molar-refractivity contribution in [1.82, 2.24) is 5.32 Å². The molecule has 2 amide bonds. The quantitative estimate of drug-likeness (QED) is 0.524. The highest BCUT2D eigenvalue weighted by Gasteiger charge is 2.22. The van der Waals surface area contributed by atoms with Crippen molar-refractivity contribution in [1.29, 1.82) is 0 Å². The average Bonchev–Trinajstić information content (AvgIpc) is 2.42. The van der Waals surface area contributed by atoms with Gasteiger partial charge in [0.05, 0.1) is 6.04 Å². The van der Waals surface area contributed by atoms with Crippen LogP contribution in [0.25, 0.3) is 0 Å². The maximum atomic E-state index is 11.9. The van der Waals surface area contributed by atoms with Crippen molar-refractivity contribution < 1.29 is 9.59 Å². The molecule has 0 spiro atoms. The molecule has 0 aromatic heterocycles. The molecule has 104 valence electrons. The fraction of sp³-hybridized carbons (Fsp3) is 0.385. The third kappa shape index (κ3) is 4.69. The standard InChI is InChI=1S/C13H20N4O2/c14-8-4-7-10(15)13(19)17-11(12(16)18)9-5-2-1-3-6-9/h1-3,5-6,10-11H,4,7-8,14-15H2,(H2,16,18)(H,17,19)/t10-,11?/m0/s1. The Bertz CT molecular complexity index is 422. The number of hydrogen-bond acceptors (Lipinski definition) is 4. The van der Waals surface area contributed by atoms with Crippen molar-refractivity contribution in [2.75, 3.05) is 6.54 Å². The lowest BCUT2D eigenvalue weighted by Crippen LogP contribution is -2.45. The lowest BCUT2D eigenvalue weighted by Gasteiger charge is -2.18. The zero-order valence-corrected chi connectivity index (χ0v) is 10.7. The van der Waals surface area contributed by atoms with Gasteiger partial charge in [-0.2, -0.15) is 0 Å². The summed E-state index contributed by atoms with van der Waals surface area (Å²) in [5.41, 5.74) is 17.0. The van der Waals surface area contributed by atoms with Crippen LogP contribution in [0.5, 0.6) is 0 Å². The molecule has 0 heterocycles. The lowest BCUT2D eigenvalue weighted by molar-refractivity contribution is -0.128. The van der Waals surface area contributed by atoms with Crippen molar-refractivity contribution in [3.63, 3.8) is 0 Å². The van der Waals surface area contributed by atoms with E-state index >= 15 is 0 Å². The van der Waals surface area contributed by atoms with Gasteiger partial charge in [0.15, 0.2) is 0 Å². The summed E-state index contributed by atoms with van der Waals surface area (Å²) in [6.07, 6.45) is 1.13. The first-order chi connectivity index (χ1) is 9.06. The first-order valence-electron chi connectivity index (χ1n) is 6.16. The van der Waals surface area contributed by atoms with Gasteiger partial charge in [-0.25, -0.2) is 0 Å². The van der Waals surface area contributed by atoms with E-state index in [-0.39, 0.29) is 0 Å². The largest absolute Gasteiger partial charge is 0.368 e. The summed E-state index contributed by atoms with van der Waals surface area (Å²) in [5.74, 6) is -1.02. The van der Waals surface area contributed by atoms with Gasteiger partial charge >= 0.3 is 0 Å². The molecular weight excluding hydrogens is 244 g/mol. The molecule has 2 atom stereocenters. The molecule has 1 unspecified atom stereocenters. The van der Waals surface area contributed by atoms with Crippen molar-refractivity contribution >= 4 is 11.8 Å². The molecule has 0 saturated heterocycles. The molecule has 0 fully saturated rings. The van der Waals surface area contributed by atoms with Crippen LogP contribution in [0.15, 0.2) is 30.3 Å². The Hall–Kier alpha value is -1.92. The molecule has 0 aliphatic heterocycles. The molecule has 0 aliphatic carbocycles. The van der Waals surface area contributed by atoms with Crippen molar-refractivity contribution in [3.8, 4) is 0 Å². The van der Waals surface area contributed by atoms with Gasteiger partial charge in [-0.3, -0.25) is 9.59 Å². The number of nitrogens with two attached hydrogens (primary N) is 3. The van der Waals surface area contributed by atoms with Crippen LogP contribution in [-0.2, 0) is 9.59 Å². The summed E-state index contributed by atoms with van der Waals surface area (Å²) < 4.78 is 0. The summed E-state index contributed by atoms with van der Waals surface area (Å²) in [5, 5.41) is 2.56. The molecule has 6 heteroatoms. The smallest absolute Gasteiger partial charge is 0.244 e. The van der Waals surface area contributed by atoms with Crippen LogP contribution in [-0.4, -0.2) is 24.4 Å². The van der Waals surface area contributed by atoms with E-state index in [9.17, 15) is 9.59 Å². The number of rotatable bonds is 7. The van der Waals surface area contributed by atoms with E-state index in [1.54, 1.807) is 24.3 Å². The van der Waals surface area contributed by atoms with Crippen LogP contribution in [0.4, 0.5) is 0 Å². The Kier molecular flexibility index (Phi) is 5.98. The van der Waals surface area contributed by atoms with Gasteiger partial charge < -0.3 is 22.5 Å². The summed E-state index contributed by atoms with van der Waals surface area (Å²) in [6, 6.07) is 7.25. The summed E-state index contributed by atoms with van der Waals surface area (Å²) >= 11 is 0. The molecular formula is C13H20N4O2. The van der Waals surface area contributed by atoms with Crippen LogP contribution in [0, 0.1) is 0 Å². The highest BCUT2D eigenvalue weighted by molar-refractivity contribution is 5.89. The van der Waals surface area contributed by atoms with E-state index in [0.717, 1.165) is 0 Å². The van der Waals surface area contributed by atoms with E-state index in [4.69, 9.17) is 17.2 Å². The average molecular weight is 264 g/mol. The van der Waals surface area contributed by atoms with Gasteiger partial charge in [0.1, 0.15) is 6.04 Å². The fourth-order valence-electron chi connectivity index (χ4n) is 1.68. The number of hydrogen-bond donors (Lipinski definition) is 4. The minimum atomic E-state index is -0.863. The number of nitrogens with one attached hydrogen (secondary N) is 1. The molecule has 6 nitrogen and oxygen atoms in total. The number of primary amides is 1. The third-order valence-electron chi connectivity index (χ3n) is 2.76. The van der Waals surface area contributed by atoms with E-state index in [2.05, 4.69) is 5.32 Å². The van der Waals surface area contributed by atoms with Crippen molar-refractivity contribution in [2.45, 2.75) is 24.9 Å². The zero-order valence-electron chi connectivity index (χ0n) is 10.7. The number of benzene rings is 1. The Balaban J connectivity index is 2.70. The van der Waals surface area contributed by atoms with Crippen LogP contribution in [0.3, 0.4) is 0 Å². The van der Waals surface area contributed by atoms with Gasteiger partial charge in [-0.05, 0) is 24.9 Å². The van der Waals surface area contributed by atoms with Crippen molar-refractivity contribution in [3.05, 3.63) is 35.9 Å². The van der Waals surface area contributed by atoms with Gasteiger partial charge in [0.25, 0.3) is 0 Å². The first kappa shape index (κ1) is 15.1. The van der Waals surface area contributed by atoms with E-state index in [1.807, 2.05) is 6.07 Å². The molecule has 1 rings (SSSR count). The summed E-state index contributed by atoms with van der Waals surface area (Å²) in [4.78, 5) is 23.3. The van der Waals surface area contributed by atoms with Crippen LogP contribution < -0.4 is 22.5 Å². The number of carbonyl (C=O) groups is 2. The Morgan fingerprint density at radius 1 is 1.21 bits per heavy atom. The molecule has 1 aromatic rings. The summed E-state index contributed by atoms with van der Waals surface area (Å²) in [6.45, 7) is 0.471. The lowest BCUT2D eigenvalue weighted by atomic mass is 10.1. The minimum absolute atomic E-state index is 0.402. The molecule has 0 bridgehead atoms. The van der Waals surface area contributed by atoms with E-state index < -0.39 is 23.9 Å². The van der Waals surface area contributed by atoms with Gasteiger partial charge in [-0.15, -0.1) is 0 Å². The Labute approximate surface area is 112 Å². The molecule has 19 heavy (non-hydrogen) atoms. The van der Waals surface area contributed by atoms with Crippen molar-refractivity contribution in [2.24, 2.45) is 17.2 Å². The van der Waals surface area contributed by atoms with Crippen LogP contribution in [0.1, 0.15) is 24.4 Å². The van der Waals surface area contributed by atoms with Crippen LogP contribution in [0.2, 0.25) is 0 Å². The predicted octanol–water partition coefficient (Wildman–Crippen LogP) is -0.605. The molecule has 0 saturated carbocycles. The van der Waals surface area contributed by atoms with Gasteiger partial charge in [0, 0.05) is 0 Å². The minimum Gasteiger partial charge on any atom is -0.368 e. The first-order valence-corrected chi connectivity index (χ1v) is 6.16. The number of carbonyl (C=O) groups excluding carboxylic acids is 2. The molecule has 7 N–H and O–H groups in total. The highest BCUT2D eigenvalue weighted by Crippen LogP contribution is 2.12. The Morgan fingerprint density at radius 2 is 1.84 bits per heavy atom. The van der Waals surface area contributed by atoms with E-state index in [1.165, 1.54) is 0 Å². The third-order valence-corrected chi connectivity index (χ3v) is 2.76. The second kappa shape index (κ2) is 7.50. The monoisotopic (exact) mass is 264 g/mol. The maximum Gasteiger partial charge on any atom is 0.244 e. The highest BCUT2D eigenvalue weighted by atomic mass is 16.2. The second-order valence-corrected chi connectivity index (χ2v) is 4.29. The fourth-order valence-corrected chi connectivity index (χ4v) is 1.68. The summed E-state index contributed by atoms with van der Waals surface area (Å²) in [7, 11) is 0. The number of amides is 2. The molecule has 0 aliphatic rings. The maximum absolute atomic E-state index is 11.9. The van der Waals surface area contributed by atoms with Gasteiger partial charge in [0.2, 0.25) is 11.8 Å². The Morgan fingerprint density at radius 3 is 2.37 bits per heavy atom. The van der Waals surface area contributed by atoms with E-state index in [0.29, 0.717) is 24.9 Å². The topological polar surface area (TPSA) is 124 Å². The second-order valence-electron chi connectivity index (χ2n) is 4.29. The SMILES string of the molecule is NCCC[C@H](N)C(=O)NC(C(N)=O)c1ccccc1. The normalized spacial score (nSPS) is 13.6. The molecule has 0 radical (unpaired) electrons. The van der Waals surface area contributed by atoms with Gasteiger partial charge in [-0.1, -0.05) is 30.3 Å². The zero-order chi connectivity index (χ0) is 14.3. The predicted molar refractivity (Wildman–Crippen MR) is 72.8 cm³/mol.